The minimum absolute atomic E-state index is 0.0533. The Hall–Kier alpha value is -1.14. The number of amides is 2. The van der Waals surface area contributed by atoms with Crippen LogP contribution < -0.4 is 10.6 Å². The zero-order valence-electron chi connectivity index (χ0n) is 11.0. The number of carbonyl (C=O) groups is 2. The number of nitrogens with zero attached hydrogens (tertiary/aromatic N) is 1. The molecular weight excluding hydrogens is 222 g/mol. The molecule has 0 radical (unpaired) electrons. The average molecular weight is 246 g/mol. The van der Waals surface area contributed by atoms with Gasteiger partial charge < -0.3 is 20.2 Å². The van der Waals surface area contributed by atoms with Crippen LogP contribution in [0.3, 0.4) is 0 Å². The Morgan fingerprint density at radius 3 is 1.71 bits per heavy atom. The van der Waals surface area contributed by atoms with Crippen LogP contribution in [-0.2, 0) is 9.59 Å². The fourth-order valence-corrected chi connectivity index (χ4v) is 1.58. The number of rotatable bonds is 8. The summed E-state index contributed by atoms with van der Waals surface area (Å²) in [5.41, 5.74) is 0. The first-order chi connectivity index (χ1) is 7.89. The molecule has 0 atom stereocenters. The Morgan fingerprint density at radius 1 is 1.00 bits per heavy atom. The highest BCUT2D eigenvalue weighted by Gasteiger charge is 2.20. The molecule has 0 bridgehead atoms. The second-order valence-electron chi connectivity index (χ2n) is 4.48. The van der Waals surface area contributed by atoms with E-state index in [9.17, 15) is 9.59 Å². The maximum absolute atomic E-state index is 10.8. The highest BCUT2D eigenvalue weighted by Crippen LogP contribution is 1.99. The van der Waals surface area contributed by atoms with Gasteiger partial charge in [-0.05, 0) is 0 Å². The van der Waals surface area contributed by atoms with Crippen molar-refractivity contribution in [2.75, 3.05) is 46.4 Å². The van der Waals surface area contributed by atoms with E-state index in [4.69, 9.17) is 5.11 Å². The van der Waals surface area contributed by atoms with E-state index in [-0.39, 0.29) is 18.4 Å². The van der Waals surface area contributed by atoms with Crippen LogP contribution in [0.2, 0.25) is 0 Å². The molecule has 3 N–H and O–H groups in total. The molecule has 0 aliphatic heterocycles. The van der Waals surface area contributed by atoms with Crippen LogP contribution in [0.4, 0.5) is 0 Å². The summed E-state index contributed by atoms with van der Waals surface area (Å²) in [4.78, 5) is 21.5. The number of quaternary nitrogens is 1. The molecule has 0 aliphatic carbocycles. The molecule has 0 aromatic heterocycles. The van der Waals surface area contributed by atoms with Gasteiger partial charge in [0.2, 0.25) is 11.8 Å². The Kier molecular flexibility index (Phi) is 7.49. The largest absolute Gasteiger partial charge is 0.391 e. The summed E-state index contributed by atoms with van der Waals surface area (Å²) in [5.74, 6) is -0.107. The summed E-state index contributed by atoms with van der Waals surface area (Å²) in [5, 5.41) is 14.5. The van der Waals surface area contributed by atoms with Crippen molar-refractivity contribution >= 4 is 11.8 Å². The summed E-state index contributed by atoms with van der Waals surface area (Å²) in [7, 11) is 2.00. The van der Waals surface area contributed by atoms with E-state index < -0.39 is 0 Å². The molecule has 6 nitrogen and oxygen atoms in total. The summed E-state index contributed by atoms with van der Waals surface area (Å²) >= 11 is 0. The maximum atomic E-state index is 10.8. The summed E-state index contributed by atoms with van der Waals surface area (Å²) in [6, 6.07) is 0. The van der Waals surface area contributed by atoms with Gasteiger partial charge in [-0.2, -0.15) is 0 Å². The number of nitrogens with one attached hydrogen (secondary N) is 2. The SMILES string of the molecule is CC(=O)NCC[N+](C)(CCO)CCNC(C)=O. The van der Waals surface area contributed by atoms with Crippen molar-refractivity contribution in [1.82, 2.24) is 10.6 Å². The van der Waals surface area contributed by atoms with Crippen LogP contribution in [0.1, 0.15) is 13.8 Å². The molecule has 0 spiro atoms. The van der Waals surface area contributed by atoms with Crippen LogP contribution in [0.15, 0.2) is 0 Å². The fraction of sp³-hybridized carbons (Fsp3) is 0.818. The van der Waals surface area contributed by atoms with Gasteiger partial charge in [0, 0.05) is 13.8 Å². The standard InChI is InChI=1S/C11H23N3O3/c1-10(16)12-4-6-14(3,8-9-15)7-5-13-11(2)17/h15H,4-9H2,1-3H3,(H-,12,13,16,17)/p+1. The molecule has 0 aromatic rings. The number of likely N-dealkylation sites (N-methyl/N-ethyl adjacent to an activating group) is 1. The molecule has 0 saturated carbocycles. The molecule has 17 heavy (non-hydrogen) atoms. The maximum Gasteiger partial charge on any atom is 0.217 e. The first kappa shape index (κ1) is 15.9. The van der Waals surface area contributed by atoms with Gasteiger partial charge in [-0.25, -0.2) is 0 Å². The predicted molar refractivity (Wildman–Crippen MR) is 65.2 cm³/mol. The number of hydrogen-bond donors (Lipinski definition) is 3. The molecular formula is C11H24N3O3+. The Bertz CT molecular complexity index is 236. The lowest BCUT2D eigenvalue weighted by molar-refractivity contribution is -0.907. The Labute approximate surface area is 103 Å². The van der Waals surface area contributed by atoms with Gasteiger partial charge >= 0.3 is 0 Å². The molecule has 6 heteroatoms. The highest BCUT2D eigenvalue weighted by molar-refractivity contribution is 5.73. The third-order valence-electron chi connectivity index (χ3n) is 2.69. The molecule has 0 heterocycles. The zero-order chi connectivity index (χ0) is 13.3. The molecule has 0 aliphatic rings. The minimum Gasteiger partial charge on any atom is -0.391 e. The van der Waals surface area contributed by atoms with Gasteiger partial charge in [0.15, 0.2) is 0 Å². The number of aliphatic hydroxyl groups is 1. The smallest absolute Gasteiger partial charge is 0.217 e. The molecule has 0 fully saturated rings. The van der Waals surface area contributed by atoms with Crippen molar-refractivity contribution in [3.63, 3.8) is 0 Å². The van der Waals surface area contributed by atoms with E-state index in [0.29, 0.717) is 24.1 Å². The van der Waals surface area contributed by atoms with Crippen molar-refractivity contribution in [3.8, 4) is 0 Å². The molecule has 0 saturated heterocycles. The van der Waals surface area contributed by atoms with Crippen LogP contribution in [0.5, 0.6) is 0 Å². The summed E-state index contributed by atoms with van der Waals surface area (Å²) < 4.78 is 0.622. The lowest BCUT2D eigenvalue weighted by Gasteiger charge is -2.34. The van der Waals surface area contributed by atoms with Crippen molar-refractivity contribution in [2.45, 2.75) is 13.8 Å². The van der Waals surface area contributed by atoms with Crippen molar-refractivity contribution < 1.29 is 19.2 Å². The third-order valence-corrected chi connectivity index (χ3v) is 2.69. The highest BCUT2D eigenvalue weighted by atomic mass is 16.3. The molecule has 100 valence electrons. The normalized spacial score (nSPS) is 11.1. The molecule has 0 aromatic carbocycles. The van der Waals surface area contributed by atoms with Gasteiger partial charge in [-0.1, -0.05) is 0 Å². The first-order valence-electron chi connectivity index (χ1n) is 5.83. The van der Waals surface area contributed by atoms with E-state index in [2.05, 4.69) is 10.6 Å². The van der Waals surface area contributed by atoms with Crippen molar-refractivity contribution in [2.24, 2.45) is 0 Å². The zero-order valence-corrected chi connectivity index (χ0v) is 11.0. The van der Waals surface area contributed by atoms with Crippen LogP contribution >= 0.6 is 0 Å². The fourth-order valence-electron chi connectivity index (χ4n) is 1.58. The number of hydrogen-bond acceptors (Lipinski definition) is 3. The minimum atomic E-state index is -0.0533. The van der Waals surface area contributed by atoms with E-state index >= 15 is 0 Å². The lowest BCUT2D eigenvalue weighted by atomic mass is 10.3. The van der Waals surface area contributed by atoms with Crippen LogP contribution in [0, 0.1) is 0 Å². The van der Waals surface area contributed by atoms with E-state index in [1.54, 1.807) is 0 Å². The van der Waals surface area contributed by atoms with Crippen LogP contribution in [-0.4, -0.2) is 67.8 Å². The topological polar surface area (TPSA) is 78.4 Å². The Balaban J connectivity index is 4.05. The monoisotopic (exact) mass is 246 g/mol. The van der Waals surface area contributed by atoms with Crippen molar-refractivity contribution in [1.29, 1.82) is 0 Å². The second-order valence-corrected chi connectivity index (χ2v) is 4.48. The van der Waals surface area contributed by atoms with Crippen LogP contribution in [0.25, 0.3) is 0 Å². The quantitative estimate of drug-likeness (QED) is 0.466. The van der Waals surface area contributed by atoms with E-state index in [1.807, 2.05) is 7.05 Å². The van der Waals surface area contributed by atoms with E-state index in [0.717, 1.165) is 13.1 Å². The Morgan fingerprint density at radius 2 is 1.41 bits per heavy atom. The van der Waals surface area contributed by atoms with Gasteiger partial charge in [0.25, 0.3) is 0 Å². The number of aliphatic hydroxyl groups excluding tert-OH is 1. The second kappa shape index (κ2) is 8.03. The van der Waals surface area contributed by atoms with Gasteiger partial charge in [0.05, 0.1) is 39.8 Å². The predicted octanol–water partition coefficient (Wildman–Crippen LogP) is -1.30. The van der Waals surface area contributed by atoms with Gasteiger partial charge in [0.1, 0.15) is 6.54 Å². The summed E-state index contributed by atoms with van der Waals surface area (Å²) in [6.07, 6.45) is 0. The van der Waals surface area contributed by atoms with Crippen molar-refractivity contribution in [3.05, 3.63) is 0 Å². The first-order valence-corrected chi connectivity index (χ1v) is 5.83. The van der Waals surface area contributed by atoms with Gasteiger partial charge in [-0.15, -0.1) is 0 Å². The molecule has 0 unspecified atom stereocenters. The average Bonchev–Trinajstić information content (AvgIpc) is 2.16. The van der Waals surface area contributed by atoms with E-state index in [1.165, 1.54) is 13.8 Å². The summed E-state index contributed by atoms with van der Waals surface area (Å²) in [6.45, 7) is 6.29. The molecule has 0 rings (SSSR count). The third kappa shape index (κ3) is 8.65. The lowest BCUT2D eigenvalue weighted by Crippen LogP contribution is -2.53. The number of carbonyl (C=O) groups excluding carboxylic acids is 2. The van der Waals surface area contributed by atoms with Gasteiger partial charge in [-0.3, -0.25) is 9.59 Å². The molecule has 2 amide bonds.